The molecule has 1 aliphatic rings. The topological polar surface area (TPSA) is 63.4 Å². The number of primary amides is 1. The minimum atomic E-state index is -0.354. The molecule has 1 saturated heterocycles. The van der Waals surface area contributed by atoms with Crippen molar-refractivity contribution in [1.82, 2.24) is 4.90 Å². The van der Waals surface area contributed by atoms with Crippen LogP contribution >= 0.6 is 11.8 Å². The van der Waals surface area contributed by atoms with Crippen LogP contribution in [-0.4, -0.2) is 40.8 Å². The molecule has 2 amide bonds. The molecule has 1 aliphatic heterocycles. The Balaban J connectivity index is 2.52. The van der Waals surface area contributed by atoms with Gasteiger partial charge in [-0.25, -0.2) is 0 Å². The average Bonchev–Trinajstić information content (AvgIpc) is 2.53. The van der Waals surface area contributed by atoms with Gasteiger partial charge in [-0.05, 0) is 25.2 Å². The molecule has 19 heavy (non-hydrogen) atoms. The SMILES string of the molecule is CC(C)C[C@@H]1CCCCCN1C(=O)CSCC(N)=O. The van der Waals surface area contributed by atoms with Gasteiger partial charge in [-0.3, -0.25) is 9.59 Å². The first-order valence-corrected chi connectivity index (χ1v) is 8.31. The summed E-state index contributed by atoms with van der Waals surface area (Å²) in [5.41, 5.74) is 5.09. The Kier molecular flexibility index (Phi) is 7.28. The molecule has 110 valence electrons. The van der Waals surface area contributed by atoms with Gasteiger partial charge in [-0.1, -0.05) is 26.7 Å². The van der Waals surface area contributed by atoms with Crippen LogP contribution < -0.4 is 5.73 Å². The van der Waals surface area contributed by atoms with E-state index in [1.54, 1.807) is 0 Å². The average molecular weight is 286 g/mol. The smallest absolute Gasteiger partial charge is 0.232 e. The van der Waals surface area contributed by atoms with Gasteiger partial charge in [0.25, 0.3) is 0 Å². The minimum absolute atomic E-state index is 0.166. The number of hydrogen-bond acceptors (Lipinski definition) is 3. The van der Waals surface area contributed by atoms with Crippen molar-refractivity contribution in [2.75, 3.05) is 18.1 Å². The quantitative estimate of drug-likeness (QED) is 0.812. The third kappa shape index (κ3) is 6.32. The molecule has 0 aromatic rings. The molecule has 1 heterocycles. The second kappa shape index (κ2) is 8.46. The van der Waals surface area contributed by atoms with E-state index in [0.29, 0.717) is 17.7 Å². The molecule has 0 bridgehead atoms. The molecule has 0 saturated carbocycles. The second-order valence-electron chi connectivity index (χ2n) is 5.68. The lowest BCUT2D eigenvalue weighted by Gasteiger charge is -2.31. The van der Waals surface area contributed by atoms with E-state index in [2.05, 4.69) is 13.8 Å². The Morgan fingerprint density at radius 2 is 2.00 bits per heavy atom. The molecule has 2 N–H and O–H groups in total. The van der Waals surface area contributed by atoms with Crippen molar-refractivity contribution in [2.24, 2.45) is 11.7 Å². The number of nitrogens with two attached hydrogens (primary N) is 1. The lowest BCUT2D eigenvalue weighted by atomic mass is 9.99. The zero-order chi connectivity index (χ0) is 14.3. The van der Waals surface area contributed by atoms with Crippen molar-refractivity contribution in [2.45, 2.75) is 52.0 Å². The first kappa shape index (κ1) is 16.3. The first-order chi connectivity index (χ1) is 9.00. The van der Waals surface area contributed by atoms with Crippen molar-refractivity contribution in [3.05, 3.63) is 0 Å². The monoisotopic (exact) mass is 286 g/mol. The summed E-state index contributed by atoms with van der Waals surface area (Å²) in [6, 6.07) is 0.379. The third-order valence-electron chi connectivity index (χ3n) is 3.41. The number of carbonyl (C=O) groups is 2. The molecule has 0 unspecified atom stereocenters. The van der Waals surface area contributed by atoms with Gasteiger partial charge in [-0.2, -0.15) is 0 Å². The van der Waals surface area contributed by atoms with E-state index in [1.807, 2.05) is 4.90 Å². The molecule has 0 radical (unpaired) electrons. The molecule has 5 heteroatoms. The van der Waals surface area contributed by atoms with Crippen LogP contribution in [0, 0.1) is 5.92 Å². The molecule has 4 nitrogen and oxygen atoms in total. The lowest BCUT2D eigenvalue weighted by molar-refractivity contribution is -0.130. The summed E-state index contributed by atoms with van der Waals surface area (Å²) in [5, 5.41) is 0. The highest BCUT2D eigenvalue weighted by Gasteiger charge is 2.25. The van der Waals surface area contributed by atoms with E-state index in [-0.39, 0.29) is 17.6 Å². The molecule has 1 fully saturated rings. The molecule has 1 rings (SSSR count). The summed E-state index contributed by atoms with van der Waals surface area (Å²) >= 11 is 1.33. The highest BCUT2D eigenvalue weighted by atomic mass is 32.2. The van der Waals surface area contributed by atoms with Gasteiger partial charge in [0.15, 0.2) is 0 Å². The summed E-state index contributed by atoms with van der Waals surface area (Å²) in [5.74, 6) is 1.02. The van der Waals surface area contributed by atoms with Gasteiger partial charge in [-0.15, -0.1) is 11.8 Å². The maximum atomic E-state index is 12.3. The largest absolute Gasteiger partial charge is 0.369 e. The van der Waals surface area contributed by atoms with Crippen LogP contribution in [0.5, 0.6) is 0 Å². The minimum Gasteiger partial charge on any atom is -0.369 e. The molecular weight excluding hydrogens is 260 g/mol. The van der Waals surface area contributed by atoms with Crippen molar-refractivity contribution in [3.8, 4) is 0 Å². The maximum absolute atomic E-state index is 12.3. The first-order valence-electron chi connectivity index (χ1n) is 7.16. The predicted octanol–water partition coefficient (Wildman–Crippen LogP) is 2.02. The molecule has 0 aliphatic carbocycles. The van der Waals surface area contributed by atoms with Crippen molar-refractivity contribution in [1.29, 1.82) is 0 Å². The number of amides is 2. The van der Waals surface area contributed by atoms with Crippen molar-refractivity contribution < 1.29 is 9.59 Å². The van der Waals surface area contributed by atoms with Gasteiger partial charge >= 0.3 is 0 Å². The molecule has 0 spiro atoms. The number of likely N-dealkylation sites (tertiary alicyclic amines) is 1. The summed E-state index contributed by atoms with van der Waals surface area (Å²) in [7, 11) is 0. The van der Waals surface area contributed by atoms with E-state index < -0.39 is 0 Å². The van der Waals surface area contributed by atoms with E-state index >= 15 is 0 Å². The second-order valence-corrected chi connectivity index (χ2v) is 6.66. The summed E-state index contributed by atoms with van der Waals surface area (Å²) < 4.78 is 0. The van der Waals surface area contributed by atoms with Crippen LogP contribution in [0.2, 0.25) is 0 Å². The Hall–Kier alpha value is -0.710. The van der Waals surface area contributed by atoms with Crippen LogP contribution in [0.4, 0.5) is 0 Å². The lowest BCUT2D eigenvalue weighted by Crippen LogP contribution is -2.41. The van der Waals surface area contributed by atoms with Crippen LogP contribution in [0.25, 0.3) is 0 Å². The number of hydrogen-bond donors (Lipinski definition) is 1. The van der Waals surface area contributed by atoms with Crippen molar-refractivity contribution >= 4 is 23.6 Å². The summed E-state index contributed by atoms with van der Waals surface area (Å²) in [6.07, 6.45) is 5.72. The molecule has 0 aromatic carbocycles. The Labute approximate surface area is 120 Å². The van der Waals surface area contributed by atoms with Gasteiger partial charge in [0.05, 0.1) is 11.5 Å². The Bertz CT molecular complexity index is 308. The highest BCUT2D eigenvalue weighted by Crippen LogP contribution is 2.23. The van der Waals surface area contributed by atoms with Crippen molar-refractivity contribution in [3.63, 3.8) is 0 Å². The maximum Gasteiger partial charge on any atom is 0.232 e. The molecular formula is C14H26N2O2S. The van der Waals surface area contributed by atoms with E-state index in [1.165, 1.54) is 24.6 Å². The zero-order valence-corrected chi connectivity index (χ0v) is 12.9. The van der Waals surface area contributed by atoms with E-state index in [9.17, 15) is 9.59 Å². The molecule has 0 aromatic heterocycles. The third-order valence-corrected chi connectivity index (χ3v) is 4.35. The fourth-order valence-corrected chi connectivity index (χ4v) is 3.26. The Morgan fingerprint density at radius 1 is 1.26 bits per heavy atom. The standard InChI is InChI=1S/C14H26N2O2S/c1-11(2)8-12-6-4-3-5-7-16(12)14(18)10-19-9-13(15)17/h11-12H,3-10H2,1-2H3,(H2,15,17)/t12-/m0/s1. The zero-order valence-electron chi connectivity index (χ0n) is 12.1. The van der Waals surface area contributed by atoms with Gasteiger partial charge in [0.1, 0.15) is 0 Å². The number of rotatable bonds is 6. The summed E-state index contributed by atoms with van der Waals surface area (Å²) in [6.45, 7) is 5.28. The summed E-state index contributed by atoms with van der Waals surface area (Å²) in [4.78, 5) is 25.0. The van der Waals surface area contributed by atoms with Crippen LogP contribution in [0.15, 0.2) is 0 Å². The van der Waals surface area contributed by atoms with Crippen LogP contribution in [0.3, 0.4) is 0 Å². The number of thioether (sulfide) groups is 1. The fourth-order valence-electron chi connectivity index (χ4n) is 2.62. The predicted molar refractivity (Wildman–Crippen MR) is 79.9 cm³/mol. The number of carbonyl (C=O) groups excluding carboxylic acids is 2. The fraction of sp³-hybridized carbons (Fsp3) is 0.857. The number of nitrogens with zero attached hydrogens (tertiary/aromatic N) is 1. The highest BCUT2D eigenvalue weighted by molar-refractivity contribution is 8.00. The Morgan fingerprint density at radius 3 is 2.63 bits per heavy atom. The van der Waals surface area contributed by atoms with Crippen LogP contribution in [0.1, 0.15) is 46.0 Å². The molecule has 1 atom stereocenters. The van der Waals surface area contributed by atoms with E-state index in [0.717, 1.165) is 25.8 Å². The van der Waals surface area contributed by atoms with Gasteiger partial charge < -0.3 is 10.6 Å². The van der Waals surface area contributed by atoms with Crippen LogP contribution in [-0.2, 0) is 9.59 Å². The van der Waals surface area contributed by atoms with Gasteiger partial charge in [0, 0.05) is 12.6 Å². The van der Waals surface area contributed by atoms with E-state index in [4.69, 9.17) is 5.73 Å². The normalized spacial score (nSPS) is 20.4. The van der Waals surface area contributed by atoms with Gasteiger partial charge in [0.2, 0.25) is 11.8 Å².